The summed E-state index contributed by atoms with van der Waals surface area (Å²) in [5, 5.41) is 3.20. The maximum atomic E-state index is 5.49. The van der Waals surface area contributed by atoms with Crippen LogP contribution in [0.5, 0.6) is 0 Å². The summed E-state index contributed by atoms with van der Waals surface area (Å²) in [4.78, 5) is 4.57. The van der Waals surface area contributed by atoms with Crippen molar-refractivity contribution in [3.8, 4) is 0 Å². The van der Waals surface area contributed by atoms with Crippen LogP contribution >= 0.6 is 12.2 Å². The van der Waals surface area contributed by atoms with Crippen LogP contribution in [0.15, 0.2) is 18.3 Å². The second kappa shape index (κ2) is 8.79. The minimum absolute atomic E-state index is 0.362. The first-order valence-electron chi connectivity index (χ1n) is 5.80. The number of methoxy groups -OCH3 is 1. The standard InChI is InChI=1S/C12H19N3O2S/c1-16-7-8-17-6-2-5-14-11-4-3-10(9-15-11)12(13)18/h3-4,9H,2,5-8H2,1H3,(H2,13,18)(H,14,15). The molecule has 1 rings (SSSR count). The van der Waals surface area contributed by atoms with E-state index in [-0.39, 0.29) is 0 Å². The first kappa shape index (κ1) is 14.8. The van der Waals surface area contributed by atoms with Gasteiger partial charge in [0.05, 0.1) is 13.2 Å². The van der Waals surface area contributed by atoms with Crippen LogP contribution in [-0.2, 0) is 9.47 Å². The zero-order chi connectivity index (χ0) is 13.2. The summed E-state index contributed by atoms with van der Waals surface area (Å²) < 4.78 is 10.2. The van der Waals surface area contributed by atoms with Gasteiger partial charge in [-0.15, -0.1) is 0 Å². The van der Waals surface area contributed by atoms with Crippen molar-refractivity contribution in [2.75, 3.05) is 38.8 Å². The fourth-order valence-corrected chi connectivity index (χ4v) is 1.40. The van der Waals surface area contributed by atoms with Crippen LogP contribution in [0.3, 0.4) is 0 Å². The van der Waals surface area contributed by atoms with Gasteiger partial charge in [0.1, 0.15) is 10.8 Å². The van der Waals surface area contributed by atoms with Gasteiger partial charge in [-0.1, -0.05) is 12.2 Å². The summed E-state index contributed by atoms with van der Waals surface area (Å²) in [7, 11) is 1.66. The summed E-state index contributed by atoms with van der Waals surface area (Å²) in [6.45, 7) is 2.79. The zero-order valence-corrected chi connectivity index (χ0v) is 11.3. The number of pyridine rings is 1. The maximum absolute atomic E-state index is 5.49. The molecule has 0 aromatic carbocycles. The van der Waals surface area contributed by atoms with Crippen molar-refractivity contribution >= 4 is 23.0 Å². The van der Waals surface area contributed by atoms with Crippen molar-refractivity contribution < 1.29 is 9.47 Å². The molecule has 0 atom stereocenters. The third kappa shape index (κ3) is 5.90. The fourth-order valence-electron chi connectivity index (χ4n) is 1.28. The van der Waals surface area contributed by atoms with E-state index in [9.17, 15) is 0 Å². The van der Waals surface area contributed by atoms with Gasteiger partial charge in [-0.05, 0) is 18.6 Å². The highest BCUT2D eigenvalue weighted by molar-refractivity contribution is 7.80. The van der Waals surface area contributed by atoms with Crippen LogP contribution in [0, 0.1) is 0 Å². The number of nitrogens with zero attached hydrogens (tertiary/aromatic N) is 1. The van der Waals surface area contributed by atoms with E-state index < -0.39 is 0 Å². The molecular weight excluding hydrogens is 250 g/mol. The van der Waals surface area contributed by atoms with Gasteiger partial charge in [0.15, 0.2) is 0 Å². The molecule has 0 fully saturated rings. The molecule has 0 aliphatic carbocycles. The van der Waals surface area contributed by atoms with E-state index in [0.29, 0.717) is 24.8 Å². The zero-order valence-electron chi connectivity index (χ0n) is 10.5. The third-order valence-electron chi connectivity index (χ3n) is 2.25. The Balaban J connectivity index is 2.14. The largest absolute Gasteiger partial charge is 0.389 e. The number of anilines is 1. The predicted molar refractivity (Wildman–Crippen MR) is 75.9 cm³/mol. The Hall–Kier alpha value is -1.24. The Morgan fingerprint density at radius 2 is 2.22 bits per heavy atom. The number of aromatic nitrogens is 1. The summed E-state index contributed by atoms with van der Waals surface area (Å²) in [5.41, 5.74) is 6.26. The summed E-state index contributed by atoms with van der Waals surface area (Å²) in [6.07, 6.45) is 2.59. The smallest absolute Gasteiger partial charge is 0.125 e. The van der Waals surface area contributed by atoms with Crippen LogP contribution in [0.2, 0.25) is 0 Å². The molecule has 5 nitrogen and oxygen atoms in total. The molecule has 0 spiro atoms. The molecule has 1 heterocycles. The van der Waals surface area contributed by atoms with E-state index in [4.69, 9.17) is 27.4 Å². The molecular formula is C12H19N3O2S. The lowest BCUT2D eigenvalue weighted by atomic mass is 10.3. The first-order valence-corrected chi connectivity index (χ1v) is 6.21. The number of rotatable bonds is 9. The number of nitrogens with one attached hydrogen (secondary N) is 1. The van der Waals surface area contributed by atoms with Crippen LogP contribution in [0.4, 0.5) is 5.82 Å². The van der Waals surface area contributed by atoms with Gasteiger partial charge in [0, 0.05) is 32.0 Å². The van der Waals surface area contributed by atoms with Crippen molar-refractivity contribution in [3.63, 3.8) is 0 Å². The normalized spacial score (nSPS) is 10.3. The van der Waals surface area contributed by atoms with Gasteiger partial charge >= 0.3 is 0 Å². The second-order valence-corrected chi connectivity index (χ2v) is 4.12. The lowest BCUT2D eigenvalue weighted by molar-refractivity contribution is 0.0705. The highest BCUT2D eigenvalue weighted by atomic mass is 32.1. The predicted octanol–water partition coefficient (Wildman–Crippen LogP) is 1.18. The number of ether oxygens (including phenoxy) is 2. The van der Waals surface area contributed by atoms with Crippen LogP contribution in [-0.4, -0.2) is 43.4 Å². The molecule has 0 amide bonds. The number of thiocarbonyl (C=S) groups is 1. The van der Waals surface area contributed by atoms with E-state index >= 15 is 0 Å². The molecule has 0 saturated carbocycles. The second-order valence-electron chi connectivity index (χ2n) is 3.68. The Labute approximate surface area is 113 Å². The molecule has 1 aromatic heterocycles. The first-order chi connectivity index (χ1) is 8.74. The quantitative estimate of drug-likeness (QED) is 0.518. The minimum atomic E-state index is 0.362. The van der Waals surface area contributed by atoms with E-state index in [2.05, 4.69) is 10.3 Å². The molecule has 0 saturated heterocycles. The van der Waals surface area contributed by atoms with Crippen molar-refractivity contribution in [2.24, 2.45) is 5.73 Å². The Kier molecular flexibility index (Phi) is 7.24. The summed E-state index contributed by atoms with van der Waals surface area (Å²) >= 11 is 4.85. The number of hydrogen-bond acceptors (Lipinski definition) is 5. The average Bonchev–Trinajstić information content (AvgIpc) is 2.38. The molecule has 18 heavy (non-hydrogen) atoms. The molecule has 0 bridgehead atoms. The van der Waals surface area contributed by atoms with Crippen molar-refractivity contribution in [2.45, 2.75) is 6.42 Å². The maximum Gasteiger partial charge on any atom is 0.125 e. The van der Waals surface area contributed by atoms with Gasteiger partial charge in [-0.25, -0.2) is 4.98 Å². The molecule has 3 N–H and O–H groups in total. The average molecular weight is 269 g/mol. The van der Waals surface area contributed by atoms with E-state index in [1.807, 2.05) is 12.1 Å². The monoisotopic (exact) mass is 269 g/mol. The van der Waals surface area contributed by atoms with Gasteiger partial charge in [0.2, 0.25) is 0 Å². The Morgan fingerprint density at radius 1 is 1.39 bits per heavy atom. The SMILES string of the molecule is COCCOCCCNc1ccc(C(N)=S)cn1. The third-order valence-corrected chi connectivity index (χ3v) is 2.49. The molecule has 6 heteroatoms. The highest BCUT2D eigenvalue weighted by Crippen LogP contribution is 2.04. The van der Waals surface area contributed by atoms with Crippen molar-refractivity contribution in [3.05, 3.63) is 23.9 Å². The van der Waals surface area contributed by atoms with E-state index in [0.717, 1.165) is 24.3 Å². The highest BCUT2D eigenvalue weighted by Gasteiger charge is 1.97. The molecule has 1 aromatic rings. The fraction of sp³-hybridized carbons (Fsp3) is 0.500. The molecule has 100 valence electrons. The Morgan fingerprint density at radius 3 is 2.83 bits per heavy atom. The van der Waals surface area contributed by atoms with Crippen molar-refractivity contribution in [1.29, 1.82) is 0 Å². The lowest BCUT2D eigenvalue weighted by Crippen LogP contribution is -2.11. The lowest BCUT2D eigenvalue weighted by Gasteiger charge is -2.06. The van der Waals surface area contributed by atoms with Crippen LogP contribution in [0.1, 0.15) is 12.0 Å². The number of nitrogens with two attached hydrogens (primary N) is 1. The van der Waals surface area contributed by atoms with E-state index in [1.165, 1.54) is 0 Å². The summed E-state index contributed by atoms with van der Waals surface area (Å²) in [5.74, 6) is 0.812. The van der Waals surface area contributed by atoms with Crippen molar-refractivity contribution in [1.82, 2.24) is 4.98 Å². The molecule has 0 radical (unpaired) electrons. The molecule has 0 aliphatic heterocycles. The minimum Gasteiger partial charge on any atom is -0.389 e. The Bertz CT molecular complexity index is 357. The van der Waals surface area contributed by atoms with Crippen LogP contribution < -0.4 is 11.1 Å². The van der Waals surface area contributed by atoms with Crippen LogP contribution in [0.25, 0.3) is 0 Å². The van der Waals surface area contributed by atoms with Gasteiger partial charge in [-0.3, -0.25) is 0 Å². The van der Waals surface area contributed by atoms with Gasteiger partial charge in [-0.2, -0.15) is 0 Å². The van der Waals surface area contributed by atoms with Gasteiger partial charge in [0.25, 0.3) is 0 Å². The molecule has 0 aliphatic rings. The van der Waals surface area contributed by atoms with E-state index in [1.54, 1.807) is 13.3 Å². The summed E-state index contributed by atoms with van der Waals surface area (Å²) in [6, 6.07) is 3.72. The number of hydrogen-bond donors (Lipinski definition) is 2. The topological polar surface area (TPSA) is 69.4 Å². The molecule has 0 unspecified atom stereocenters. The van der Waals surface area contributed by atoms with Gasteiger partial charge < -0.3 is 20.5 Å².